The lowest BCUT2D eigenvalue weighted by Crippen LogP contribution is -2.49. The van der Waals surface area contributed by atoms with Gasteiger partial charge in [-0.1, -0.05) is 6.42 Å². The Balaban J connectivity index is 1.74. The topological polar surface area (TPSA) is 46.9 Å². The third kappa shape index (κ3) is 3.42. The molecule has 2 atom stereocenters. The van der Waals surface area contributed by atoms with Crippen molar-refractivity contribution in [1.82, 2.24) is 9.80 Å². The minimum Gasteiger partial charge on any atom is -0.392 e. The molecule has 0 aromatic rings. The summed E-state index contributed by atoms with van der Waals surface area (Å²) in [5, 5.41) is 19.7. The van der Waals surface area contributed by atoms with Crippen LogP contribution < -0.4 is 0 Å². The van der Waals surface area contributed by atoms with Crippen molar-refractivity contribution in [3.63, 3.8) is 0 Å². The molecule has 2 aliphatic heterocycles. The van der Waals surface area contributed by atoms with Crippen LogP contribution in [-0.4, -0.2) is 65.1 Å². The Bertz CT molecular complexity index is 207. The van der Waals surface area contributed by atoms with Crippen LogP contribution >= 0.6 is 0 Å². The van der Waals surface area contributed by atoms with Crippen molar-refractivity contribution in [3.05, 3.63) is 0 Å². The molecule has 0 aromatic heterocycles. The van der Waals surface area contributed by atoms with E-state index >= 15 is 0 Å². The molecule has 4 nitrogen and oxygen atoms in total. The summed E-state index contributed by atoms with van der Waals surface area (Å²) in [7, 11) is 0. The molecule has 2 N–H and O–H groups in total. The minimum absolute atomic E-state index is 0.192. The molecule has 2 unspecified atom stereocenters. The number of hydrogen-bond donors (Lipinski definition) is 2. The second-order valence-electron chi connectivity index (χ2n) is 5.13. The highest BCUT2D eigenvalue weighted by molar-refractivity contribution is 4.76. The molecule has 0 bridgehead atoms. The Kier molecular flexibility index (Phi) is 4.58. The predicted molar refractivity (Wildman–Crippen MR) is 63.1 cm³/mol. The lowest BCUT2D eigenvalue weighted by molar-refractivity contribution is -0.0438. The SMILES string of the molecule is OC1CCCN(CC(O)N2CCCCC2)C1. The zero-order valence-corrected chi connectivity index (χ0v) is 10.0. The van der Waals surface area contributed by atoms with Crippen LogP contribution in [0.2, 0.25) is 0 Å². The second kappa shape index (κ2) is 5.96. The number of rotatable bonds is 3. The Morgan fingerprint density at radius 2 is 1.81 bits per heavy atom. The van der Waals surface area contributed by atoms with E-state index in [1.54, 1.807) is 0 Å². The Morgan fingerprint density at radius 1 is 1.06 bits per heavy atom. The molecule has 2 saturated heterocycles. The van der Waals surface area contributed by atoms with E-state index in [0.29, 0.717) is 6.54 Å². The maximum Gasteiger partial charge on any atom is 0.120 e. The molecule has 0 radical (unpaired) electrons. The molecule has 2 rings (SSSR count). The van der Waals surface area contributed by atoms with Crippen LogP contribution in [0.25, 0.3) is 0 Å². The van der Waals surface area contributed by atoms with E-state index in [2.05, 4.69) is 9.80 Å². The van der Waals surface area contributed by atoms with Gasteiger partial charge < -0.3 is 10.2 Å². The summed E-state index contributed by atoms with van der Waals surface area (Å²) >= 11 is 0. The fourth-order valence-corrected chi connectivity index (χ4v) is 2.76. The summed E-state index contributed by atoms with van der Waals surface area (Å²) in [5.41, 5.74) is 0. The van der Waals surface area contributed by atoms with Gasteiger partial charge in [0.2, 0.25) is 0 Å². The van der Waals surface area contributed by atoms with Crippen molar-refractivity contribution in [3.8, 4) is 0 Å². The molecule has 2 fully saturated rings. The first-order valence-electron chi connectivity index (χ1n) is 6.58. The van der Waals surface area contributed by atoms with E-state index in [1.165, 1.54) is 19.3 Å². The van der Waals surface area contributed by atoms with Crippen LogP contribution in [-0.2, 0) is 0 Å². The van der Waals surface area contributed by atoms with Crippen molar-refractivity contribution < 1.29 is 10.2 Å². The summed E-state index contributed by atoms with van der Waals surface area (Å²) in [6.45, 7) is 4.49. The average Bonchev–Trinajstić information content (AvgIpc) is 2.30. The van der Waals surface area contributed by atoms with Crippen LogP contribution in [0.3, 0.4) is 0 Å². The van der Waals surface area contributed by atoms with Gasteiger partial charge in [-0.05, 0) is 32.2 Å². The Morgan fingerprint density at radius 3 is 2.50 bits per heavy atom. The van der Waals surface area contributed by atoms with Crippen LogP contribution in [0.15, 0.2) is 0 Å². The zero-order chi connectivity index (χ0) is 11.4. The highest BCUT2D eigenvalue weighted by atomic mass is 16.3. The number of β-amino-alcohol motifs (C(OH)–C–C–N with tert-alkyl or cyclic N) is 2. The smallest absolute Gasteiger partial charge is 0.120 e. The Hall–Kier alpha value is -0.160. The number of aliphatic hydroxyl groups excluding tert-OH is 2. The van der Waals surface area contributed by atoms with Gasteiger partial charge in [-0.25, -0.2) is 0 Å². The molecule has 2 heterocycles. The molecule has 2 aliphatic rings. The summed E-state index contributed by atoms with van der Waals surface area (Å²) in [6.07, 6.45) is 5.14. The van der Waals surface area contributed by atoms with Gasteiger partial charge in [0.15, 0.2) is 0 Å². The molecule has 0 saturated carbocycles. The zero-order valence-electron chi connectivity index (χ0n) is 10.0. The molecule has 0 aliphatic carbocycles. The summed E-state index contributed by atoms with van der Waals surface area (Å²) in [5.74, 6) is 0. The van der Waals surface area contributed by atoms with Gasteiger partial charge in [0.05, 0.1) is 6.10 Å². The highest BCUT2D eigenvalue weighted by Gasteiger charge is 2.23. The predicted octanol–water partition coefficient (Wildman–Crippen LogP) is 0.247. The molecule has 16 heavy (non-hydrogen) atoms. The van der Waals surface area contributed by atoms with E-state index in [4.69, 9.17) is 0 Å². The first-order chi connectivity index (χ1) is 7.75. The molecule has 0 amide bonds. The molecular weight excluding hydrogens is 204 g/mol. The normalized spacial score (nSPS) is 31.5. The van der Waals surface area contributed by atoms with Gasteiger partial charge in [0.25, 0.3) is 0 Å². The first-order valence-corrected chi connectivity index (χ1v) is 6.58. The quantitative estimate of drug-likeness (QED) is 0.727. The molecule has 4 heteroatoms. The van der Waals surface area contributed by atoms with E-state index in [1.807, 2.05) is 0 Å². The maximum absolute atomic E-state index is 10.1. The summed E-state index contributed by atoms with van der Waals surface area (Å²) < 4.78 is 0. The molecule has 94 valence electrons. The maximum atomic E-state index is 10.1. The number of aliphatic hydroxyl groups is 2. The van der Waals surface area contributed by atoms with E-state index in [-0.39, 0.29) is 12.3 Å². The van der Waals surface area contributed by atoms with Crippen molar-refractivity contribution >= 4 is 0 Å². The van der Waals surface area contributed by atoms with Gasteiger partial charge in [-0.2, -0.15) is 0 Å². The number of likely N-dealkylation sites (tertiary alicyclic amines) is 2. The first kappa shape index (κ1) is 12.3. The summed E-state index contributed by atoms with van der Waals surface area (Å²) in [4.78, 5) is 4.36. The van der Waals surface area contributed by atoms with E-state index < -0.39 is 0 Å². The lowest BCUT2D eigenvalue weighted by atomic mass is 10.1. The van der Waals surface area contributed by atoms with E-state index in [9.17, 15) is 10.2 Å². The van der Waals surface area contributed by atoms with Crippen LogP contribution in [0, 0.1) is 0 Å². The number of piperidine rings is 2. The van der Waals surface area contributed by atoms with E-state index in [0.717, 1.165) is 39.0 Å². The van der Waals surface area contributed by atoms with Crippen molar-refractivity contribution in [1.29, 1.82) is 0 Å². The fraction of sp³-hybridized carbons (Fsp3) is 1.00. The van der Waals surface area contributed by atoms with Crippen molar-refractivity contribution in [2.75, 3.05) is 32.7 Å². The largest absolute Gasteiger partial charge is 0.392 e. The third-order valence-electron chi connectivity index (χ3n) is 3.71. The fourth-order valence-electron chi connectivity index (χ4n) is 2.76. The lowest BCUT2D eigenvalue weighted by Gasteiger charge is -2.36. The van der Waals surface area contributed by atoms with Gasteiger partial charge in [0.1, 0.15) is 6.23 Å². The van der Waals surface area contributed by atoms with Crippen LogP contribution in [0.5, 0.6) is 0 Å². The number of nitrogens with zero attached hydrogens (tertiary/aromatic N) is 2. The van der Waals surface area contributed by atoms with Crippen LogP contribution in [0.4, 0.5) is 0 Å². The minimum atomic E-state index is -0.342. The third-order valence-corrected chi connectivity index (χ3v) is 3.71. The standard InChI is InChI=1S/C12H24N2O2/c15-11-5-4-6-13(9-11)10-12(16)14-7-2-1-3-8-14/h11-12,15-16H,1-10H2. The monoisotopic (exact) mass is 228 g/mol. The molecular formula is C12H24N2O2. The van der Waals surface area contributed by atoms with Gasteiger partial charge in [-0.3, -0.25) is 9.80 Å². The van der Waals surface area contributed by atoms with Gasteiger partial charge in [-0.15, -0.1) is 0 Å². The molecule has 0 spiro atoms. The van der Waals surface area contributed by atoms with Gasteiger partial charge >= 0.3 is 0 Å². The van der Waals surface area contributed by atoms with Crippen molar-refractivity contribution in [2.24, 2.45) is 0 Å². The second-order valence-corrected chi connectivity index (χ2v) is 5.13. The summed E-state index contributed by atoms with van der Waals surface area (Å²) in [6, 6.07) is 0. The molecule has 0 aromatic carbocycles. The Labute approximate surface area is 97.9 Å². The average molecular weight is 228 g/mol. The van der Waals surface area contributed by atoms with Gasteiger partial charge in [0, 0.05) is 26.2 Å². The highest BCUT2D eigenvalue weighted by Crippen LogP contribution is 2.14. The van der Waals surface area contributed by atoms with Crippen LogP contribution in [0.1, 0.15) is 32.1 Å². The van der Waals surface area contributed by atoms with Crippen molar-refractivity contribution in [2.45, 2.75) is 44.4 Å². The number of hydrogen-bond acceptors (Lipinski definition) is 4.